The third-order valence-corrected chi connectivity index (χ3v) is 4.87. The summed E-state index contributed by atoms with van der Waals surface area (Å²) in [6.45, 7) is 0.701. The molecule has 2 rings (SSSR count). The van der Waals surface area contributed by atoms with Crippen molar-refractivity contribution < 1.29 is 22.0 Å². The van der Waals surface area contributed by atoms with Gasteiger partial charge in [0.25, 0.3) is 0 Å². The van der Waals surface area contributed by atoms with Crippen LogP contribution in [-0.2, 0) is 14.8 Å². The Morgan fingerprint density at radius 1 is 1.11 bits per heavy atom. The maximum Gasteiger partial charge on any atom is 0.246 e. The Morgan fingerprint density at radius 2 is 1.74 bits per heavy atom. The predicted molar refractivity (Wildman–Crippen MR) is 62.8 cm³/mol. The zero-order valence-electron chi connectivity index (χ0n) is 9.92. The first-order valence-corrected chi connectivity index (χ1v) is 7.03. The number of rotatable bonds is 3. The molecule has 5 nitrogen and oxygen atoms in total. The Balaban J connectivity index is 2.25. The molecular weight excluding hydrogens is 278 g/mol. The van der Waals surface area contributed by atoms with Gasteiger partial charge in [-0.25, -0.2) is 17.2 Å². The monoisotopic (exact) mass is 290 g/mol. The van der Waals surface area contributed by atoms with Crippen molar-refractivity contribution in [3.05, 3.63) is 29.8 Å². The summed E-state index contributed by atoms with van der Waals surface area (Å²) < 4.78 is 51.7. The lowest BCUT2D eigenvalue weighted by molar-refractivity contribution is -0.119. The van der Waals surface area contributed by atoms with E-state index in [2.05, 4.69) is 0 Å². The minimum absolute atomic E-state index is 0.0951. The molecule has 1 aliphatic rings. The number of carbonyl (C=O) groups excluding carboxylic acids is 1. The normalized spacial score (nSPS) is 17.5. The van der Waals surface area contributed by atoms with E-state index in [9.17, 15) is 22.0 Å². The molecule has 0 atom stereocenters. The van der Waals surface area contributed by atoms with Crippen molar-refractivity contribution >= 4 is 16.4 Å². The molecule has 1 heterocycles. The summed E-state index contributed by atoms with van der Waals surface area (Å²) in [6.07, 6.45) is 0.641. The van der Waals surface area contributed by atoms with Crippen LogP contribution in [0.25, 0.3) is 0 Å². The number of carbonyl (C=O) groups is 1. The number of halogens is 2. The van der Waals surface area contributed by atoms with E-state index in [0.29, 0.717) is 12.5 Å². The molecule has 0 spiro atoms. The van der Waals surface area contributed by atoms with Gasteiger partial charge in [0.15, 0.2) is 0 Å². The quantitative estimate of drug-likeness (QED) is 0.758. The first kappa shape index (κ1) is 13.9. The Kier molecular flexibility index (Phi) is 3.81. The lowest BCUT2D eigenvalue weighted by Gasteiger charge is -2.31. The first-order chi connectivity index (χ1) is 8.95. The summed E-state index contributed by atoms with van der Waals surface area (Å²) in [6, 6.07) is 2.35. The average molecular weight is 290 g/mol. The number of benzene rings is 1. The van der Waals surface area contributed by atoms with Crippen molar-refractivity contribution in [3.63, 3.8) is 0 Å². The first-order valence-electron chi connectivity index (χ1n) is 5.59. The number of sulfonamides is 1. The predicted octanol–water partition coefficient (Wildman–Crippen LogP) is 0.428. The number of amides is 1. The number of hydrogen-bond donors (Lipinski definition) is 0. The molecule has 19 heavy (non-hydrogen) atoms. The Hall–Kier alpha value is -1.54. The highest BCUT2D eigenvalue weighted by atomic mass is 32.2. The van der Waals surface area contributed by atoms with Crippen LogP contribution < -0.4 is 0 Å². The molecule has 0 aromatic heterocycles. The molecule has 1 aliphatic heterocycles. The third-order valence-electron chi connectivity index (χ3n) is 2.93. The highest BCUT2D eigenvalue weighted by Gasteiger charge is 2.30. The van der Waals surface area contributed by atoms with Gasteiger partial charge in [-0.1, -0.05) is 0 Å². The fraction of sp³-hybridized carbons (Fsp3) is 0.364. The van der Waals surface area contributed by atoms with E-state index in [1.165, 1.54) is 4.90 Å². The van der Waals surface area contributed by atoms with Gasteiger partial charge in [-0.05, 0) is 12.1 Å². The van der Waals surface area contributed by atoms with E-state index in [1.54, 1.807) is 0 Å². The van der Waals surface area contributed by atoms with Gasteiger partial charge in [0.05, 0.1) is 0 Å². The van der Waals surface area contributed by atoms with Crippen LogP contribution in [0, 0.1) is 11.6 Å². The topological polar surface area (TPSA) is 57.7 Å². The summed E-state index contributed by atoms with van der Waals surface area (Å²) >= 11 is 0. The van der Waals surface area contributed by atoms with Crippen LogP contribution in [-0.4, -0.2) is 50.2 Å². The molecule has 8 heteroatoms. The van der Waals surface area contributed by atoms with Gasteiger partial charge < -0.3 is 4.90 Å². The van der Waals surface area contributed by atoms with Crippen molar-refractivity contribution in [2.75, 3.05) is 26.2 Å². The fourth-order valence-corrected chi connectivity index (χ4v) is 3.34. The molecule has 0 bridgehead atoms. The molecule has 1 saturated heterocycles. The zero-order chi connectivity index (χ0) is 14.0. The van der Waals surface area contributed by atoms with Crippen molar-refractivity contribution in [1.29, 1.82) is 0 Å². The Labute approximate surface area is 109 Å². The summed E-state index contributed by atoms with van der Waals surface area (Å²) in [5.74, 6) is -1.94. The highest BCUT2D eigenvalue weighted by molar-refractivity contribution is 7.89. The van der Waals surface area contributed by atoms with Crippen LogP contribution in [0.5, 0.6) is 0 Å². The van der Waals surface area contributed by atoms with E-state index < -0.39 is 26.6 Å². The fourth-order valence-electron chi connectivity index (χ4n) is 1.87. The molecule has 1 aromatic carbocycles. The van der Waals surface area contributed by atoms with E-state index in [-0.39, 0.29) is 26.2 Å². The Bertz CT molecular complexity index is 584. The molecule has 1 fully saturated rings. The van der Waals surface area contributed by atoms with Gasteiger partial charge >= 0.3 is 0 Å². The summed E-state index contributed by atoms with van der Waals surface area (Å²) in [7, 11) is -3.99. The van der Waals surface area contributed by atoms with Crippen LogP contribution in [0.3, 0.4) is 0 Å². The molecule has 0 radical (unpaired) electrons. The largest absolute Gasteiger partial charge is 0.343 e. The van der Waals surface area contributed by atoms with E-state index in [1.807, 2.05) is 0 Å². The van der Waals surface area contributed by atoms with Crippen LogP contribution in [0.4, 0.5) is 8.78 Å². The standard InChI is InChI=1S/C11H12F2N2O3S/c12-9-1-2-11(10(13)7-9)19(17,18)15-5-3-14(8-16)4-6-15/h1-2,7-8H,3-6H2. The van der Waals surface area contributed by atoms with Gasteiger partial charge in [-0.15, -0.1) is 0 Å². The molecule has 104 valence electrons. The number of hydrogen-bond acceptors (Lipinski definition) is 3. The van der Waals surface area contributed by atoms with Gasteiger partial charge in [0, 0.05) is 32.2 Å². The molecular formula is C11H12F2N2O3S. The number of piperazine rings is 1. The van der Waals surface area contributed by atoms with Crippen molar-refractivity contribution in [3.8, 4) is 0 Å². The van der Waals surface area contributed by atoms with Crippen LogP contribution in [0.2, 0.25) is 0 Å². The van der Waals surface area contributed by atoms with Gasteiger partial charge in [0.1, 0.15) is 16.5 Å². The van der Waals surface area contributed by atoms with Gasteiger partial charge in [-0.2, -0.15) is 4.31 Å². The maximum absolute atomic E-state index is 13.5. The maximum atomic E-state index is 13.5. The number of nitrogens with zero attached hydrogens (tertiary/aromatic N) is 2. The summed E-state index contributed by atoms with van der Waals surface area (Å²) in [4.78, 5) is 11.4. The van der Waals surface area contributed by atoms with E-state index >= 15 is 0 Å². The second-order valence-corrected chi connectivity index (χ2v) is 6.03. The third kappa shape index (κ3) is 2.74. The average Bonchev–Trinajstić information content (AvgIpc) is 2.38. The molecule has 0 saturated carbocycles. The summed E-state index contributed by atoms with van der Waals surface area (Å²) in [5.41, 5.74) is 0. The van der Waals surface area contributed by atoms with Crippen LogP contribution in [0.1, 0.15) is 0 Å². The highest BCUT2D eigenvalue weighted by Crippen LogP contribution is 2.21. The van der Waals surface area contributed by atoms with Gasteiger partial charge in [-0.3, -0.25) is 4.79 Å². The van der Waals surface area contributed by atoms with Gasteiger partial charge in [0.2, 0.25) is 16.4 Å². The SMILES string of the molecule is O=CN1CCN(S(=O)(=O)c2ccc(F)cc2F)CC1. The molecule has 0 N–H and O–H groups in total. The lowest BCUT2D eigenvalue weighted by atomic mass is 10.3. The zero-order valence-corrected chi connectivity index (χ0v) is 10.7. The smallest absolute Gasteiger partial charge is 0.246 e. The minimum atomic E-state index is -3.99. The minimum Gasteiger partial charge on any atom is -0.343 e. The molecule has 1 aromatic rings. The van der Waals surface area contributed by atoms with Crippen molar-refractivity contribution in [2.24, 2.45) is 0 Å². The second-order valence-electron chi connectivity index (χ2n) is 4.12. The van der Waals surface area contributed by atoms with Crippen molar-refractivity contribution in [1.82, 2.24) is 9.21 Å². The van der Waals surface area contributed by atoms with Crippen LogP contribution in [0.15, 0.2) is 23.1 Å². The lowest BCUT2D eigenvalue weighted by Crippen LogP contribution is -2.48. The summed E-state index contributed by atoms with van der Waals surface area (Å²) in [5, 5.41) is 0. The van der Waals surface area contributed by atoms with E-state index in [4.69, 9.17) is 0 Å². The second kappa shape index (κ2) is 5.22. The Morgan fingerprint density at radius 3 is 2.26 bits per heavy atom. The molecule has 1 amide bonds. The van der Waals surface area contributed by atoms with Crippen LogP contribution >= 0.6 is 0 Å². The molecule has 0 unspecified atom stereocenters. The van der Waals surface area contributed by atoms with Crippen molar-refractivity contribution in [2.45, 2.75) is 4.90 Å². The molecule has 0 aliphatic carbocycles. The van der Waals surface area contributed by atoms with E-state index in [0.717, 1.165) is 16.4 Å².